The molecule has 0 spiro atoms. The summed E-state index contributed by atoms with van der Waals surface area (Å²) in [5.41, 5.74) is 7.48. The summed E-state index contributed by atoms with van der Waals surface area (Å²) < 4.78 is 24.7. The molecule has 0 N–H and O–H groups in total. The maximum atomic E-state index is 12.6. The first kappa shape index (κ1) is 30.2. The van der Waals surface area contributed by atoms with E-state index in [9.17, 15) is 13.6 Å². The van der Waals surface area contributed by atoms with Crippen LogP contribution in [0.4, 0.5) is 8.78 Å². The van der Waals surface area contributed by atoms with E-state index in [1.54, 1.807) is 18.5 Å². The molecule has 0 bridgehead atoms. The Morgan fingerprint density at radius 3 is 2.39 bits per heavy atom. The third-order valence-corrected chi connectivity index (χ3v) is 5.93. The lowest BCUT2D eigenvalue weighted by atomic mass is 9.95. The van der Waals surface area contributed by atoms with Crippen LogP contribution >= 0.6 is 0 Å². The van der Waals surface area contributed by atoms with E-state index >= 15 is 0 Å². The molecule has 0 saturated carbocycles. The van der Waals surface area contributed by atoms with Crippen LogP contribution < -0.4 is 0 Å². The molecule has 0 aliphatic carbocycles. The molecular formula is C33H36F2N2O. The van der Waals surface area contributed by atoms with Crippen LogP contribution in [0.5, 0.6) is 0 Å². The van der Waals surface area contributed by atoms with Gasteiger partial charge in [0.2, 0.25) is 0 Å². The van der Waals surface area contributed by atoms with Crippen LogP contribution in [-0.4, -0.2) is 15.8 Å². The van der Waals surface area contributed by atoms with E-state index in [0.29, 0.717) is 18.4 Å². The predicted octanol–water partition coefficient (Wildman–Crippen LogP) is 8.34. The highest BCUT2D eigenvalue weighted by Crippen LogP contribution is 2.25. The fourth-order valence-corrected chi connectivity index (χ4v) is 3.83. The normalized spacial score (nSPS) is 11.8. The molecule has 3 rings (SSSR count). The summed E-state index contributed by atoms with van der Waals surface area (Å²) >= 11 is 0. The lowest BCUT2D eigenvalue weighted by Crippen LogP contribution is -2.06. The highest BCUT2D eigenvalue weighted by molar-refractivity contribution is 5.99. The van der Waals surface area contributed by atoms with Crippen molar-refractivity contribution in [2.75, 3.05) is 0 Å². The lowest BCUT2D eigenvalue weighted by Gasteiger charge is -2.11. The van der Waals surface area contributed by atoms with Crippen molar-refractivity contribution in [1.29, 1.82) is 0 Å². The van der Waals surface area contributed by atoms with Crippen molar-refractivity contribution in [2.24, 2.45) is 0 Å². The van der Waals surface area contributed by atoms with Gasteiger partial charge in [0.1, 0.15) is 0 Å². The Bertz CT molecular complexity index is 1350. The van der Waals surface area contributed by atoms with Crippen molar-refractivity contribution in [2.45, 2.75) is 53.9 Å². The van der Waals surface area contributed by atoms with Gasteiger partial charge in [0.05, 0.1) is 0 Å². The smallest absolute Gasteiger partial charge is 0.163 e. The van der Waals surface area contributed by atoms with Gasteiger partial charge in [0, 0.05) is 41.3 Å². The highest BCUT2D eigenvalue weighted by atomic mass is 19.2. The lowest BCUT2D eigenvalue weighted by molar-refractivity contribution is -0.115. The van der Waals surface area contributed by atoms with E-state index in [0.717, 1.165) is 51.7 Å². The number of hydrogen-bond donors (Lipinski definition) is 0. The van der Waals surface area contributed by atoms with Gasteiger partial charge in [-0.15, -0.1) is 0 Å². The maximum absolute atomic E-state index is 12.6. The predicted molar refractivity (Wildman–Crippen MR) is 153 cm³/mol. The van der Waals surface area contributed by atoms with Gasteiger partial charge >= 0.3 is 0 Å². The van der Waals surface area contributed by atoms with Gasteiger partial charge in [-0.05, 0) is 93.1 Å². The minimum atomic E-state index is -0.780. The van der Waals surface area contributed by atoms with Gasteiger partial charge in [-0.25, -0.2) is 8.78 Å². The Labute approximate surface area is 225 Å². The van der Waals surface area contributed by atoms with Gasteiger partial charge in [-0.3, -0.25) is 14.8 Å². The molecule has 2 aromatic heterocycles. The summed E-state index contributed by atoms with van der Waals surface area (Å²) in [6, 6.07) is 12.0. The molecule has 0 amide bonds. The van der Waals surface area contributed by atoms with Crippen molar-refractivity contribution < 1.29 is 13.6 Å². The topological polar surface area (TPSA) is 42.9 Å². The largest absolute Gasteiger partial charge is 0.294 e. The Morgan fingerprint density at radius 2 is 1.79 bits per heavy atom. The third kappa shape index (κ3) is 8.84. The van der Waals surface area contributed by atoms with Gasteiger partial charge in [0.15, 0.2) is 17.4 Å². The van der Waals surface area contributed by atoms with Gasteiger partial charge in [0.25, 0.3) is 0 Å². The molecule has 3 nitrogen and oxygen atoms in total. The number of Topliss-reactive ketones (excluding diaryl/α,β-unsaturated/α-hetero) is 1. The number of pyridine rings is 2. The molecule has 0 aliphatic rings. The summed E-state index contributed by atoms with van der Waals surface area (Å²) in [4.78, 5) is 21.4. The molecule has 3 aromatic rings. The second-order valence-electron chi connectivity index (χ2n) is 8.79. The summed E-state index contributed by atoms with van der Waals surface area (Å²) in [7, 11) is 0. The monoisotopic (exact) mass is 514 g/mol. The maximum Gasteiger partial charge on any atom is 0.163 e. The molecule has 0 radical (unpaired) electrons. The molecule has 0 saturated heterocycles. The van der Waals surface area contributed by atoms with E-state index < -0.39 is 11.6 Å². The molecule has 0 atom stereocenters. The first-order chi connectivity index (χ1) is 18.2. The molecule has 198 valence electrons. The molecule has 1 aromatic carbocycles. The zero-order chi connectivity index (χ0) is 28.1. The number of aryl methyl sites for hydroxylation is 3. The van der Waals surface area contributed by atoms with Crippen LogP contribution in [0, 0.1) is 18.6 Å². The summed E-state index contributed by atoms with van der Waals surface area (Å²) in [6.45, 7) is 13.6. The zero-order valence-electron chi connectivity index (χ0n) is 22.9. The minimum Gasteiger partial charge on any atom is -0.294 e. The Balaban J connectivity index is 0.000000423. The summed E-state index contributed by atoms with van der Waals surface area (Å²) in [6.07, 6.45) is 13.0. The van der Waals surface area contributed by atoms with Crippen LogP contribution in [0.25, 0.3) is 5.57 Å². The first-order valence-corrected chi connectivity index (χ1v) is 12.7. The zero-order valence-corrected chi connectivity index (χ0v) is 22.9. The van der Waals surface area contributed by atoms with E-state index in [2.05, 4.69) is 34.8 Å². The third-order valence-electron chi connectivity index (χ3n) is 5.93. The van der Waals surface area contributed by atoms with Crippen LogP contribution in [-0.2, 0) is 17.6 Å². The molecule has 0 unspecified atom stereocenters. The van der Waals surface area contributed by atoms with E-state index in [4.69, 9.17) is 0 Å². The Kier molecular flexibility index (Phi) is 12.2. The molecule has 38 heavy (non-hydrogen) atoms. The number of benzene rings is 1. The fraction of sp³-hybridized carbons (Fsp3) is 0.242. The van der Waals surface area contributed by atoms with Crippen molar-refractivity contribution >= 4 is 11.4 Å². The first-order valence-electron chi connectivity index (χ1n) is 12.7. The second kappa shape index (κ2) is 15.3. The van der Waals surface area contributed by atoms with E-state index in [1.165, 1.54) is 6.07 Å². The van der Waals surface area contributed by atoms with Crippen molar-refractivity contribution in [1.82, 2.24) is 9.97 Å². The fourth-order valence-electron chi connectivity index (χ4n) is 3.83. The van der Waals surface area contributed by atoms with Crippen molar-refractivity contribution in [3.8, 4) is 0 Å². The molecule has 5 heteroatoms. The summed E-state index contributed by atoms with van der Waals surface area (Å²) in [5.74, 6) is -1.45. The van der Waals surface area contributed by atoms with Crippen LogP contribution in [0.3, 0.4) is 0 Å². The average molecular weight is 515 g/mol. The van der Waals surface area contributed by atoms with Crippen molar-refractivity contribution in [3.05, 3.63) is 137 Å². The molecule has 0 aliphatic heterocycles. The van der Waals surface area contributed by atoms with E-state index in [1.807, 2.05) is 65.0 Å². The standard InChI is InChI=1S/C25H28N2O.C8H8F2/c1-6-8-10-23(18(3)4)25(28)13-12-21-17-20(14-16-27-21)22(7-2)24-11-9-15-26-19(24)5;1-2-6-3-4-7(9)8(10)5-6/h6-11,14-17H,3,12-13H2,1-2,4-5H3;3-5H,2H2,1H3/b8-6-,22-7-,23-10+;. The number of halogens is 2. The number of aromatic nitrogens is 2. The SMILES string of the molecule is C=C(C)/C(=C\C=C/C)C(=O)CCc1cc(/C(=C/C)c2cccnc2C)ccn1.CCc1ccc(F)c(F)c1. The van der Waals surface area contributed by atoms with Gasteiger partial charge in [-0.1, -0.05) is 49.9 Å². The highest BCUT2D eigenvalue weighted by Gasteiger charge is 2.12. The minimum absolute atomic E-state index is 0.0900. The number of nitrogens with zero attached hydrogens (tertiary/aromatic N) is 2. The second-order valence-corrected chi connectivity index (χ2v) is 8.79. The molecule has 2 heterocycles. The molecule has 0 fully saturated rings. The Hall–Kier alpha value is -3.99. The van der Waals surface area contributed by atoms with Gasteiger partial charge < -0.3 is 0 Å². The number of rotatable bonds is 9. The molecular weight excluding hydrogens is 478 g/mol. The van der Waals surface area contributed by atoms with Gasteiger partial charge in [-0.2, -0.15) is 0 Å². The van der Waals surface area contributed by atoms with Crippen LogP contribution in [0.1, 0.15) is 62.2 Å². The van der Waals surface area contributed by atoms with Crippen LogP contribution in [0.15, 0.2) is 96.9 Å². The number of carbonyl (C=O) groups is 1. The number of hydrogen-bond acceptors (Lipinski definition) is 3. The number of allylic oxidation sites excluding steroid dienone is 6. The Morgan fingerprint density at radius 1 is 1.03 bits per heavy atom. The number of carbonyl (C=O) groups excluding carboxylic acids is 1. The number of ketones is 1. The quantitative estimate of drug-likeness (QED) is 0.213. The van der Waals surface area contributed by atoms with Crippen molar-refractivity contribution in [3.63, 3.8) is 0 Å². The van der Waals surface area contributed by atoms with Crippen LogP contribution in [0.2, 0.25) is 0 Å². The summed E-state index contributed by atoms with van der Waals surface area (Å²) in [5, 5.41) is 0. The average Bonchev–Trinajstić information content (AvgIpc) is 2.91. The van der Waals surface area contributed by atoms with E-state index in [-0.39, 0.29) is 5.78 Å².